The average molecular weight is 646 g/mol. The highest BCUT2D eigenvalue weighted by molar-refractivity contribution is 7.71. The molecule has 0 spiro atoms. The highest BCUT2D eigenvalue weighted by Crippen LogP contribution is 2.45. The highest BCUT2D eigenvalue weighted by Gasteiger charge is 2.32. The first-order valence-corrected chi connectivity index (χ1v) is 16.8. The van der Waals surface area contributed by atoms with E-state index in [1.54, 1.807) is 38.1 Å². The third-order valence-corrected chi connectivity index (χ3v) is 12.0. The van der Waals surface area contributed by atoms with Crippen molar-refractivity contribution in [1.82, 2.24) is 4.90 Å². The smallest absolute Gasteiger partial charge is 0.393 e. The van der Waals surface area contributed by atoms with Gasteiger partial charge in [-0.05, 0) is 48.7 Å². The fourth-order valence-corrected chi connectivity index (χ4v) is 8.18. The molecule has 2 N–H and O–H groups in total. The zero-order chi connectivity index (χ0) is 31.4. The second-order valence-electron chi connectivity index (χ2n) is 10.4. The standard InChI is InChI=1S/C30H34F6N3O2PS/c1-4-42(40,5-2)19-11-12-24(26(16-19)41-29(32)33)37-14-7-10-27-21(17-30(34,35)36)20-8-6-9-25(28(20)43-27)38-23-13-15-39(3)18-22(23)31/h6,8-9,11-12,16,22-23,29,37-38H,4-5,13-15,17-18H2,1-3H3/t22-,23?/m1/s1. The largest absolute Gasteiger partial charge is 0.433 e. The predicted molar refractivity (Wildman–Crippen MR) is 163 cm³/mol. The molecule has 0 radical (unpaired) electrons. The molecule has 0 bridgehead atoms. The maximum absolute atomic E-state index is 14.7. The molecule has 2 aromatic carbocycles. The van der Waals surface area contributed by atoms with Crippen LogP contribution in [0, 0.1) is 11.8 Å². The summed E-state index contributed by atoms with van der Waals surface area (Å²) in [6.45, 7) is 1.31. The minimum Gasteiger partial charge on any atom is -0.433 e. The van der Waals surface area contributed by atoms with Crippen molar-refractivity contribution in [3.05, 3.63) is 46.8 Å². The molecule has 0 amide bonds. The van der Waals surface area contributed by atoms with Gasteiger partial charge < -0.3 is 24.8 Å². The van der Waals surface area contributed by atoms with E-state index in [9.17, 15) is 30.9 Å². The molecular weight excluding hydrogens is 611 g/mol. The maximum Gasteiger partial charge on any atom is 0.393 e. The molecule has 5 nitrogen and oxygen atoms in total. The van der Waals surface area contributed by atoms with E-state index < -0.39 is 38.6 Å². The first-order chi connectivity index (χ1) is 20.3. The number of rotatable bonds is 10. The summed E-state index contributed by atoms with van der Waals surface area (Å²) in [5.74, 6) is 5.43. The molecule has 13 heteroatoms. The van der Waals surface area contributed by atoms with Crippen LogP contribution in [-0.2, 0) is 11.0 Å². The maximum atomic E-state index is 14.7. The van der Waals surface area contributed by atoms with Crippen LogP contribution in [0.4, 0.5) is 37.7 Å². The summed E-state index contributed by atoms with van der Waals surface area (Å²) in [6, 6.07) is 8.92. The number of piperidine rings is 1. The van der Waals surface area contributed by atoms with Gasteiger partial charge in [-0.2, -0.15) is 22.0 Å². The lowest BCUT2D eigenvalue weighted by Gasteiger charge is -2.33. The Hall–Kier alpha value is -2.87. The number of benzene rings is 2. The Labute approximate surface area is 251 Å². The van der Waals surface area contributed by atoms with Gasteiger partial charge in [-0.25, -0.2) is 4.39 Å². The molecule has 1 aliphatic heterocycles. The molecular formula is C30H34F6N3O2PS. The molecule has 0 aliphatic carbocycles. The normalized spacial score (nSPS) is 18.0. The van der Waals surface area contributed by atoms with Crippen LogP contribution in [0.15, 0.2) is 36.4 Å². The average Bonchev–Trinajstić information content (AvgIpc) is 3.29. The molecule has 1 aromatic heterocycles. The van der Waals surface area contributed by atoms with Crippen LogP contribution in [0.5, 0.6) is 5.75 Å². The van der Waals surface area contributed by atoms with Crippen LogP contribution >= 0.6 is 18.5 Å². The van der Waals surface area contributed by atoms with E-state index in [1.165, 1.54) is 12.1 Å². The Balaban J connectivity index is 1.61. The summed E-state index contributed by atoms with van der Waals surface area (Å²) in [5, 5.41) is 6.91. The van der Waals surface area contributed by atoms with E-state index in [0.29, 0.717) is 46.4 Å². The van der Waals surface area contributed by atoms with Crippen LogP contribution in [0.25, 0.3) is 10.1 Å². The Morgan fingerprint density at radius 1 is 1.16 bits per heavy atom. The lowest BCUT2D eigenvalue weighted by molar-refractivity contribution is -0.126. The SMILES string of the molecule is CCP(=O)(CC)c1ccc(NCC#Cc2sc3c(NC4CCN(C)C[C@H]4F)cccc3c2CC(F)(F)F)c(OC(F)F)c1. The molecule has 1 fully saturated rings. The number of ether oxygens (including phenoxy) is 1. The Bertz CT molecular complexity index is 1530. The number of hydrogen-bond acceptors (Lipinski definition) is 6. The number of hydrogen-bond donors (Lipinski definition) is 2. The quantitative estimate of drug-likeness (QED) is 0.136. The van der Waals surface area contributed by atoms with Crippen molar-refractivity contribution in [2.24, 2.45) is 0 Å². The number of thiophene rings is 1. The van der Waals surface area contributed by atoms with Gasteiger partial charge in [0.05, 0.1) is 40.0 Å². The fourth-order valence-electron chi connectivity index (χ4n) is 5.14. The molecule has 1 saturated heterocycles. The Kier molecular flexibility index (Phi) is 10.6. The number of halogens is 6. The van der Waals surface area contributed by atoms with E-state index in [2.05, 4.69) is 27.2 Å². The van der Waals surface area contributed by atoms with Crippen LogP contribution < -0.4 is 20.7 Å². The van der Waals surface area contributed by atoms with Crippen LogP contribution in [0.1, 0.15) is 30.7 Å². The van der Waals surface area contributed by atoms with Gasteiger partial charge in [0.25, 0.3) is 0 Å². The van der Waals surface area contributed by atoms with E-state index in [1.807, 2.05) is 11.9 Å². The van der Waals surface area contributed by atoms with E-state index in [0.717, 1.165) is 11.3 Å². The van der Waals surface area contributed by atoms with E-state index >= 15 is 0 Å². The summed E-state index contributed by atoms with van der Waals surface area (Å²) < 4.78 is 100. The number of alkyl halides is 6. The summed E-state index contributed by atoms with van der Waals surface area (Å²) in [6.07, 6.45) is -5.50. The third kappa shape index (κ3) is 8.20. The molecule has 1 aliphatic rings. The van der Waals surface area contributed by atoms with Gasteiger partial charge in [-0.15, -0.1) is 11.3 Å². The van der Waals surface area contributed by atoms with Gasteiger partial charge in [0, 0.05) is 30.7 Å². The zero-order valence-corrected chi connectivity index (χ0v) is 25.7. The van der Waals surface area contributed by atoms with Gasteiger partial charge in [0.1, 0.15) is 19.1 Å². The van der Waals surface area contributed by atoms with Crippen LogP contribution in [0.3, 0.4) is 0 Å². The van der Waals surface area contributed by atoms with Crippen molar-refractivity contribution in [3.63, 3.8) is 0 Å². The molecule has 3 aromatic rings. The van der Waals surface area contributed by atoms with Gasteiger partial charge >= 0.3 is 12.8 Å². The van der Waals surface area contributed by atoms with Gasteiger partial charge in [-0.3, -0.25) is 0 Å². The van der Waals surface area contributed by atoms with Gasteiger partial charge in [0.15, 0.2) is 0 Å². The fraction of sp³-hybridized carbons (Fsp3) is 0.467. The zero-order valence-electron chi connectivity index (χ0n) is 24.0. The first kappa shape index (κ1) is 33.0. The van der Waals surface area contributed by atoms with Gasteiger partial charge in [-0.1, -0.05) is 37.8 Å². The lowest BCUT2D eigenvalue weighted by Crippen LogP contribution is -2.46. The Morgan fingerprint density at radius 3 is 2.56 bits per heavy atom. The molecule has 43 heavy (non-hydrogen) atoms. The third-order valence-electron chi connectivity index (χ3n) is 7.52. The minimum atomic E-state index is -4.48. The minimum absolute atomic E-state index is 0.0322. The topological polar surface area (TPSA) is 53.6 Å². The highest BCUT2D eigenvalue weighted by atomic mass is 32.1. The van der Waals surface area contributed by atoms with Crippen molar-refractivity contribution in [3.8, 4) is 17.6 Å². The Morgan fingerprint density at radius 2 is 1.91 bits per heavy atom. The molecule has 234 valence electrons. The van der Waals surface area contributed by atoms with E-state index in [-0.39, 0.29) is 35.0 Å². The monoisotopic (exact) mass is 645 g/mol. The van der Waals surface area contributed by atoms with Crippen molar-refractivity contribution in [2.75, 3.05) is 49.6 Å². The molecule has 4 rings (SSSR count). The van der Waals surface area contributed by atoms with Crippen molar-refractivity contribution in [1.29, 1.82) is 0 Å². The van der Waals surface area contributed by atoms with Crippen molar-refractivity contribution < 1.29 is 35.6 Å². The summed E-state index contributed by atoms with van der Waals surface area (Å²) in [4.78, 5) is 2.11. The number of fused-ring (bicyclic) bond motifs is 1. The summed E-state index contributed by atoms with van der Waals surface area (Å²) in [7, 11) is -0.917. The number of likely N-dealkylation sites (tertiary alicyclic amines) is 1. The number of nitrogens with one attached hydrogen (secondary N) is 2. The number of nitrogens with zero attached hydrogens (tertiary/aromatic N) is 1. The van der Waals surface area contributed by atoms with E-state index in [4.69, 9.17) is 0 Å². The second kappa shape index (κ2) is 13.8. The molecule has 1 unspecified atom stereocenters. The van der Waals surface area contributed by atoms with Crippen molar-refractivity contribution in [2.45, 2.75) is 51.7 Å². The predicted octanol–water partition coefficient (Wildman–Crippen LogP) is 7.55. The molecule has 0 saturated carbocycles. The number of anilines is 2. The van der Waals surface area contributed by atoms with Crippen LogP contribution in [-0.4, -0.2) is 68.9 Å². The second-order valence-corrected chi connectivity index (χ2v) is 15.0. The lowest BCUT2D eigenvalue weighted by atomic mass is 10.0. The first-order valence-electron chi connectivity index (χ1n) is 13.9. The summed E-state index contributed by atoms with van der Waals surface area (Å²) >= 11 is 1.10. The van der Waals surface area contributed by atoms with Crippen LogP contribution in [0.2, 0.25) is 0 Å². The van der Waals surface area contributed by atoms with Crippen molar-refractivity contribution >= 4 is 45.2 Å². The molecule has 2 atom stereocenters. The summed E-state index contributed by atoms with van der Waals surface area (Å²) in [5.41, 5.74) is 0.777. The van der Waals surface area contributed by atoms with Gasteiger partial charge in [0.2, 0.25) is 0 Å². The molecule has 2 heterocycles.